The zero-order chi connectivity index (χ0) is 8.32. The highest BCUT2D eigenvalue weighted by atomic mass is 35.5. The van der Waals surface area contributed by atoms with Crippen molar-refractivity contribution in [2.75, 3.05) is 12.4 Å². The van der Waals surface area contributed by atoms with Gasteiger partial charge in [0.25, 0.3) is 0 Å². The van der Waals surface area contributed by atoms with Crippen LogP contribution in [0.15, 0.2) is 0 Å². The first-order valence-electron chi connectivity index (χ1n) is 4.05. The molecule has 0 aromatic carbocycles. The van der Waals surface area contributed by atoms with Crippen molar-refractivity contribution in [1.29, 1.82) is 0 Å². The summed E-state index contributed by atoms with van der Waals surface area (Å²) in [6.45, 7) is 2.89. The van der Waals surface area contributed by atoms with Crippen molar-refractivity contribution < 1.29 is 4.79 Å². The van der Waals surface area contributed by atoms with Crippen LogP contribution in [0.25, 0.3) is 0 Å². The Morgan fingerprint density at radius 2 is 2.45 bits per heavy atom. The van der Waals surface area contributed by atoms with Crippen molar-refractivity contribution in [1.82, 2.24) is 5.32 Å². The lowest BCUT2D eigenvalue weighted by Crippen LogP contribution is -2.25. The predicted octanol–water partition coefficient (Wildman–Crippen LogP) is 1.53. The van der Waals surface area contributed by atoms with Gasteiger partial charge in [0, 0.05) is 24.3 Å². The summed E-state index contributed by atoms with van der Waals surface area (Å²) in [5, 5.41) is 2.82. The molecule has 2 nitrogen and oxygen atoms in total. The first-order valence-corrected chi connectivity index (χ1v) is 4.58. The predicted molar refractivity (Wildman–Crippen MR) is 45.7 cm³/mol. The molecule has 0 aliphatic carbocycles. The highest BCUT2D eigenvalue weighted by Gasteiger charge is 2.36. The molecule has 64 valence electrons. The molecule has 1 atom stereocenters. The molecular formula is C8H14ClNO. The fraction of sp³-hybridized carbons (Fsp3) is 0.875. The largest absolute Gasteiger partial charge is 0.355 e. The van der Waals surface area contributed by atoms with E-state index in [1.165, 1.54) is 0 Å². The van der Waals surface area contributed by atoms with Crippen molar-refractivity contribution in [2.45, 2.75) is 26.2 Å². The molecule has 0 radical (unpaired) electrons. The molecule has 1 N–H and O–H groups in total. The Kier molecular flexibility index (Phi) is 2.77. The number of alkyl halides is 1. The minimum Gasteiger partial charge on any atom is -0.355 e. The highest BCUT2D eigenvalue weighted by Crippen LogP contribution is 2.32. The first-order chi connectivity index (χ1) is 5.22. The van der Waals surface area contributed by atoms with Gasteiger partial charge in [0.2, 0.25) is 5.91 Å². The fourth-order valence-corrected chi connectivity index (χ4v) is 1.94. The molecule has 0 aromatic heterocycles. The lowest BCUT2D eigenvalue weighted by molar-refractivity contribution is -0.119. The molecule has 11 heavy (non-hydrogen) atoms. The van der Waals surface area contributed by atoms with E-state index in [9.17, 15) is 4.79 Å². The number of rotatable bonds is 3. The Morgan fingerprint density at radius 3 is 2.82 bits per heavy atom. The van der Waals surface area contributed by atoms with Gasteiger partial charge in [-0.25, -0.2) is 0 Å². The van der Waals surface area contributed by atoms with Crippen molar-refractivity contribution in [3.63, 3.8) is 0 Å². The third-order valence-electron chi connectivity index (χ3n) is 2.26. The minimum atomic E-state index is 0.0629. The smallest absolute Gasteiger partial charge is 0.220 e. The normalized spacial score (nSPS) is 30.5. The lowest BCUT2D eigenvalue weighted by Gasteiger charge is -2.22. The molecule has 1 fully saturated rings. The van der Waals surface area contributed by atoms with Gasteiger partial charge in [-0.3, -0.25) is 4.79 Å². The molecule has 3 heteroatoms. The second-order valence-corrected chi connectivity index (χ2v) is 3.60. The third kappa shape index (κ3) is 1.86. The maximum atomic E-state index is 10.9. The van der Waals surface area contributed by atoms with Crippen LogP contribution in [-0.4, -0.2) is 18.3 Å². The molecule has 1 aliphatic heterocycles. The van der Waals surface area contributed by atoms with Crippen molar-refractivity contribution >= 4 is 17.5 Å². The molecular weight excluding hydrogens is 162 g/mol. The van der Waals surface area contributed by atoms with Crippen LogP contribution < -0.4 is 5.32 Å². The molecule has 1 unspecified atom stereocenters. The number of hydrogen-bond acceptors (Lipinski definition) is 1. The van der Waals surface area contributed by atoms with E-state index in [2.05, 4.69) is 12.2 Å². The Labute approximate surface area is 72.3 Å². The monoisotopic (exact) mass is 175 g/mol. The van der Waals surface area contributed by atoms with E-state index in [1.807, 2.05) is 0 Å². The van der Waals surface area contributed by atoms with E-state index in [0.29, 0.717) is 12.3 Å². The number of halogens is 1. The summed E-state index contributed by atoms with van der Waals surface area (Å²) >= 11 is 5.82. The van der Waals surface area contributed by atoms with Crippen LogP contribution in [0.4, 0.5) is 0 Å². The van der Waals surface area contributed by atoms with E-state index < -0.39 is 0 Å². The van der Waals surface area contributed by atoms with Crippen LogP contribution in [0.1, 0.15) is 26.2 Å². The van der Waals surface area contributed by atoms with Gasteiger partial charge < -0.3 is 5.32 Å². The van der Waals surface area contributed by atoms with Crippen molar-refractivity contribution in [3.05, 3.63) is 0 Å². The van der Waals surface area contributed by atoms with Gasteiger partial charge in [-0.05, 0) is 6.42 Å². The van der Waals surface area contributed by atoms with Crippen LogP contribution in [-0.2, 0) is 4.79 Å². The Morgan fingerprint density at radius 1 is 1.73 bits per heavy atom. The summed E-state index contributed by atoms with van der Waals surface area (Å²) < 4.78 is 0. The molecule has 0 spiro atoms. The van der Waals surface area contributed by atoms with Crippen molar-refractivity contribution in [3.8, 4) is 0 Å². The number of carbonyl (C=O) groups is 1. The van der Waals surface area contributed by atoms with E-state index in [0.717, 1.165) is 19.4 Å². The minimum absolute atomic E-state index is 0.0629. The molecule has 0 bridgehead atoms. The molecule has 1 amide bonds. The van der Waals surface area contributed by atoms with Gasteiger partial charge in [-0.1, -0.05) is 13.3 Å². The summed E-state index contributed by atoms with van der Waals surface area (Å²) in [6, 6.07) is 0. The highest BCUT2D eigenvalue weighted by molar-refractivity contribution is 6.18. The summed E-state index contributed by atoms with van der Waals surface area (Å²) in [4.78, 5) is 10.9. The zero-order valence-corrected chi connectivity index (χ0v) is 7.58. The Bertz CT molecular complexity index is 160. The molecule has 0 aromatic rings. The quantitative estimate of drug-likeness (QED) is 0.648. The average molecular weight is 176 g/mol. The van der Waals surface area contributed by atoms with Gasteiger partial charge in [0.1, 0.15) is 0 Å². The number of amides is 1. The zero-order valence-electron chi connectivity index (χ0n) is 6.82. The van der Waals surface area contributed by atoms with Gasteiger partial charge in [0.05, 0.1) is 0 Å². The molecule has 1 aliphatic rings. The van der Waals surface area contributed by atoms with E-state index in [4.69, 9.17) is 11.6 Å². The van der Waals surface area contributed by atoms with Crippen LogP contribution in [0.3, 0.4) is 0 Å². The van der Waals surface area contributed by atoms with Crippen LogP contribution in [0.5, 0.6) is 0 Å². The molecule has 1 heterocycles. The Balaban J connectivity index is 2.54. The molecule has 0 saturated carbocycles. The topological polar surface area (TPSA) is 29.1 Å². The van der Waals surface area contributed by atoms with Gasteiger partial charge in [0.15, 0.2) is 0 Å². The van der Waals surface area contributed by atoms with Crippen LogP contribution in [0.2, 0.25) is 0 Å². The average Bonchev–Trinajstić information content (AvgIpc) is 2.34. The maximum Gasteiger partial charge on any atom is 0.220 e. The SMILES string of the molecule is CCCC1(CCl)CNC(=O)C1. The maximum absolute atomic E-state index is 10.9. The Hall–Kier alpha value is -0.240. The second kappa shape index (κ2) is 3.44. The second-order valence-electron chi connectivity index (χ2n) is 3.34. The van der Waals surface area contributed by atoms with Gasteiger partial charge in [-0.2, -0.15) is 0 Å². The molecule has 1 rings (SSSR count). The van der Waals surface area contributed by atoms with E-state index in [1.54, 1.807) is 0 Å². The van der Waals surface area contributed by atoms with E-state index in [-0.39, 0.29) is 11.3 Å². The summed E-state index contributed by atoms with van der Waals surface area (Å²) in [5.41, 5.74) is 0.0629. The molecule has 1 saturated heterocycles. The number of hydrogen-bond donors (Lipinski definition) is 1. The van der Waals surface area contributed by atoms with Crippen LogP contribution in [0, 0.1) is 5.41 Å². The number of carbonyl (C=O) groups excluding carboxylic acids is 1. The third-order valence-corrected chi connectivity index (χ3v) is 2.83. The van der Waals surface area contributed by atoms with Crippen LogP contribution >= 0.6 is 11.6 Å². The summed E-state index contributed by atoms with van der Waals surface area (Å²) in [5.74, 6) is 0.749. The van der Waals surface area contributed by atoms with Gasteiger partial charge in [-0.15, -0.1) is 11.6 Å². The number of nitrogens with one attached hydrogen (secondary N) is 1. The van der Waals surface area contributed by atoms with Gasteiger partial charge >= 0.3 is 0 Å². The lowest BCUT2D eigenvalue weighted by atomic mass is 9.85. The van der Waals surface area contributed by atoms with E-state index >= 15 is 0 Å². The standard InChI is InChI=1S/C8H14ClNO/c1-2-3-8(5-9)4-7(11)10-6-8/h2-6H2,1H3,(H,10,11). The van der Waals surface area contributed by atoms with Crippen molar-refractivity contribution in [2.24, 2.45) is 5.41 Å². The first kappa shape index (κ1) is 8.85. The fourth-order valence-electron chi connectivity index (χ4n) is 1.62. The summed E-state index contributed by atoms with van der Waals surface area (Å²) in [6.07, 6.45) is 2.77. The summed E-state index contributed by atoms with van der Waals surface area (Å²) in [7, 11) is 0.